The molecule has 0 saturated carbocycles. The molecule has 17 heavy (non-hydrogen) atoms. The molecule has 0 radical (unpaired) electrons. The summed E-state index contributed by atoms with van der Waals surface area (Å²) >= 11 is 1.75. The number of nitrogens with zero attached hydrogens (tertiary/aromatic N) is 1. The average Bonchev–Trinajstić information content (AvgIpc) is 2.62. The third-order valence-electron chi connectivity index (χ3n) is 2.46. The number of hydrogen-bond donors (Lipinski definition) is 1. The Balaban J connectivity index is 0.00000144. The van der Waals surface area contributed by atoms with Crippen molar-refractivity contribution in [2.24, 2.45) is 7.05 Å². The van der Waals surface area contributed by atoms with Gasteiger partial charge in [-0.25, -0.2) is 0 Å². The molecule has 2 rings (SSSR count). The van der Waals surface area contributed by atoms with Crippen LogP contribution in [-0.4, -0.2) is 0 Å². The van der Waals surface area contributed by atoms with Crippen LogP contribution in [0.5, 0.6) is 0 Å². The third-order valence-corrected chi connectivity index (χ3v) is 3.57. The van der Waals surface area contributed by atoms with Gasteiger partial charge in [0, 0.05) is 24.9 Å². The first-order valence-corrected chi connectivity index (χ1v) is 6.07. The molecule has 0 bridgehead atoms. The van der Waals surface area contributed by atoms with Gasteiger partial charge in [-0.15, -0.1) is 0 Å². The fourth-order valence-electron chi connectivity index (χ4n) is 1.37. The number of aromatic nitrogens is 1. The van der Waals surface area contributed by atoms with Gasteiger partial charge in [-0.2, -0.15) is 4.57 Å². The van der Waals surface area contributed by atoms with Crippen LogP contribution in [0.2, 0.25) is 0 Å². The van der Waals surface area contributed by atoms with Gasteiger partial charge in [0.1, 0.15) is 7.05 Å². The lowest BCUT2D eigenvalue weighted by molar-refractivity contribution is -0.674. The van der Waals surface area contributed by atoms with Crippen LogP contribution in [0.3, 0.4) is 0 Å². The monoisotopic (exact) mass is 358 g/mol. The van der Waals surface area contributed by atoms with Crippen molar-refractivity contribution in [1.29, 1.82) is 0 Å². The molecule has 0 fully saturated rings. The van der Waals surface area contributed by atoms with E-state index in [4.69, 9.17) is 0 Å². The molecule has 0 aliphatic rings. The summed E-state index contributed by atoms with van der Waals surface area (Å²) in [5, 5.41) is 6.63. The van der Waals surface area contributed by atoms with E-state index in [0.29, 0.717) is 0 Å². The first-order valence-electron chi connectivity index (χ1n) is 5.19. The van der Waals surface area contributed by atoms with Gasteiger partial charge in [-0.3, -0.25) is 0 Å². The second-order valence-corrected chi connectivity index (χ2v) is 4.51. The van der Waals surface area contributed by atoms with E-state index in [1.807, 2.05) is 36.5 Å². The van der Waals surface area contributed by atoms with E-state index in [-0.39, 0.29) is 24.0 Å². The standard InChI is InChI=1S/C13H14N2S.HI/c1-11-10-16-13(15(11)2)8-9-14-12-6-4-3-5-7-12;/h3-10H,1-2H3;1H. The third kappa shape index (κ3) is 3.81. The average molecular weight is 358 g/mol. The Kier molecular flexibility index (Phi) is 5.64. The van der Waals surface area contributed by atoms with Gasteiger partial charge in [0.15, 0.2) is 5.69 Å². The molecule has 1 N–H and O–H groups in total. The van der Waals surface area contributed by atoms with Gasteiger partial charge in [0.05, 0.1) is 5.38 Å². The Bertz CT molecular complexity index is 491. The summed E-state index contributed by atoms with van der Waals surface area (Å²) in [6.45, 7) is 2.11. The number of nitrogens with one attached hydrogen (secondary N) is 1. The number of benzene rings is 1. The predicted molar refractivity (Wildman–Crippen MR) is 69.3 cm³/mol. The number of halogens is 1. The van der Waals surface area contributed by atoms with Crippen LogP contribution in [0.25, 0.3) is 6.08 Å². The van der Waals surface area contributed by atoms with Crippen molar-refractivity contribution in [3.05, 3.63) is 52.6 Å². The predicted octanol–water partition coefficient (Wildman–Crippen LogP) is -0.0322. The van der Waals surface area contributed by atoms with Gasteiger partial charge >= 0.3 is 0 Å². The van der Waals surface area contributed by atoms with Crippen molar-refractivity contribution in [2.75, 3.05) is 5.32 Å². The molecular weight excluding hydrogens is 343 g/mol. The summed E-state index contributed by atoms with van der Waals surface area (Å²) in [5.74, 6) is 0. The summed E-state index contributed by atoms with van der Waals surface area (Å²) in [4.78, 5) is 0. The van der Waals surface area contributed by atoms with Crippen LogP contribution in [-0.2, 0) is 7.05 Å². The van der Waals surface area contributed by atoms with Gasteiger partial charge < -0.3 is 29.3 Å². The second kappa shape index (κ2) is 6.76. The van der Waals surface area contributed by atoms with Crippen LogP contribution in [0.1, 0.15) is 10.7 Å². The van der Waals surface area contributed by atoms with Gasteiger partial charge in [0.25, 0.3) is 5.01 Å². The summed E-state index contributed by atoms with van der Waals surface area (Å²) < 4.78 is 2.17. The normalized spacial score (nSPS) is 10.2. The molecule has 90 valence electrons. The zero-order valence-electron chi connectivity index (χ0n) is 9.85. The second-order valence-electron chi connectivity index (χ2n) is 3.62. The number of hydrogen-bond acceptors (Lipinski definition) is 2. The maximum Gasteiger partial charge on any atom is 0.263 e. The van der Waals surface area contributed by atoms with E-state index in [9.17, 15) is 0 Å². The lowest BCUT2D eigenvalue weighted by Gasteiger charge is -1.97. The summed E-state index contributed by atoms with van der Waals surface area (Å²) in [7, 11) is 2.08. The number of thiazole rings is 1. The number of rotatable bonds is 3. The highest BCUT2D eigenvalue weighted by Crippen LogP contribution is 2.09. The molecule has 0 saturated heterocycles. The van der Waals surface area contributed by atoms with Crippen LogP contribution in [0.4, 0.5) is 5.69 Å². The van der Waals surface area contributed by atoms with Crippen LogP contribution < -0.4 is 33.9 Å². The lowest BCUT2D eigenvalue weighted by Crippen LogP contribution is -3.00. The first kappa shape index (κ1) is 14.2. The van der Waals surface area contributed by atoms with Crippen molar-refractivity contribution in [3.8, 4) is 0 Å². The lowest BCUT2D eigenvalue weighted by atomic mass is 10.3. The van der Waals surface area contributed by atoms with E-state index in [2.05, 4.69) is 35.3 Å². The molecule has 4 heteroatoms. The van der Waals surface area contributed by atoms with E-state index in [1.165, 1.54) is 10.7 Å². The smallest absolute Gasteiger partial charge is 0.263 e. The molecule has 0 unspecified atom stereocenters. The fourth-order valence-corrected chi connectivity index (χ4v) is 2.27. The Labute approximate surface area is 123 Å². The van der Waals surface area contributed by atoms with Crippen LogP contribution in [0.15, 0.2) is 41.9 Å². The van der Waals surface area contributed by atoms with Crippen molar-refractivity contribution in [1.82, 2.24) is 0 Å². The van der Waals surface area contributed by atoms with Gasteiger partial charge in [0.2, 0.25) is 0 Å². The zero-order valence-corrected chi connectivity index (χ0v) is 12.8. The molecule has 1 heterocycles. The minimum atomic E-state index is 0. The SMILES string of the molecule is Cc1csc(/C=C/Nc2ccccc2)[n+]1C.[I-]. The van der Waals surface area contributed by atoms with Crippen molar-refractivity contribution < 1.29 is 28.5 Å². The van der Waals surface area contributed by atoms with Gasteiger partial charge in [-0.1, -0.05) is 29.5 Å². The maximum absolute atomic E-state index is 3.24. The Morgan fingerprint density at radius 2 is 1.94 bits per heavy atom. The quantitative estimate of drug-likeness (QED) is 0.602. The zero-order chi connectivity index (χ0) is 11.4. The highest BCUT2D eigenvalue weighted by Gasteiger charge is 2.08. The molecule has 0 atom stereocenters. The molecule has 0 spiro atoms. The largest absolute Gasteiger partial charge is 1.00 e. The Morgan fingerprint density at radius 3 is 2.53 bits per heavy atom. The molecule has 2 nitrogen and oxygen atoms in total. The molecule has 1 aromatic carbocycles. The molecule has 0 aliphatic heterocycles. The molecule has 2 aromatic rings. The maximum atomic E-state index is 3.24. The van der Waals surface area contributed by atoms with E-state index in [1.54, 1.807) is 11.3 Å². The van der Waals surface area contributed by atoms with Crippen LogP contribution >= 0.6 is 11.3 Å². The van der Waals surface area contributed by atoms with Gasteiger partial charge in [-0.05, 0) is 12.1 Å². The van der Waals surface area contributed by atoms with E-state index >= 15 is 0 Å². The highest BCUT2D eigenvalue weighted by atomic mass is 127. The minimum Gasteiger partial charge on any atom is -1.00 e. The minimum absolute atomic E-state index is 0. The Morgan fingerprint density at radius 1 is 1.24 bits per heavy atom. The number of anilines is 1. The molecule has 0 aliphatic carbocycles. The van der Waals surface area contributed by atoms with Crippen LogP contribution in [0, 0.1) is 6.92 Å². The van der Waals surface area contributed by atoms with E-state index in [0.717, 1.165) is 5.69 Å². The summed E-state index contributed by atoms with van der Waals surface area (Å²) in [5.41, 5.74) is 2.39. The molecule has 0 amide bonds. The first-order chi connectivity index (χ1) is 7.77. The van der Waals surface area contributed by atoms with E-state index < -0.39 is 0 Å². The number of aryl methyl sites for hydroxylation is 1. The Hall–Kier alpha value is -0.880. The molecular formula is C13H15IN2S. The molecule has 1 aromatic heterocycles. The summed E-state index contributed by atoms with van der Waals surface area (Å²) in [6.07, 6.45) is 4.06. The number of para-hydroxylation sites is 1. The topological polar surface area (TPSA) is 15.9 Å². The van der Waals surface area contributed by atoms with Crippen molar-refractivity contribution in [3.63, 3.8) is 0 Å². The van der Waals surface area contributed by atoms with Crippen molar-refractivity contribution >= 4 is 23.1 Å². The van der Waals surface area contributed by atoms with Crippen molar-refractivity contribution in [2.45, 2.75) is 6.92 Å². The summed E-state index contributed by atoms with van der Waals surface area (Å²) in [6, 6.07) is 10.1. The highest BCUT2D eigenvalue weighted by molar-refractivity contribution is 7.10. The fraction of sp³-hybridized carbons (Fsp3) is 0.154.